The van der Waals surface area contributed by atoms with Gasteiger partial charge in [0.15, 0.2) is 0 Å². The number of hydrogen-bond donors (Lipinski definition) is 2. The Morgan fingerprint density at radius 2 is 1.66 bits per heavy atom. The number of carbonyl (C=O) groups is 1. The first-order chi connectivity index (χ1) is 15.6. The van der Waals surface area contributed by atoms with E-state index in [1.54, 1.807) is 0 Å². The number of nitrogens with zero attached hydrogens (tertiary/aromatic N) is 2. The lowest BCUT2D eigenvalue weighted by molar-refractivity contribution is -0.137. The van der Waals surface area contributed by atoms with Gasteiger partial charge in [0.05, 0.1) is 13.2 Å². The number of rotatable bonds is 11. The van der Waals surface area contributed by atoms with Crippen molar-refractivity contribution in [2.45, 2.75) is 25.2 Å². The normalized spacial score (nSPS) is 14.1. The molecule has 2 aromatic carbocycles. The van der Waals surface area contributed by atoms with Gasteiger partial charge in [-0.05, 0) is 35.2 Å². The fourth-order valence-electron chi connectivity index (χ4n) is 3.19. The van der Waals surface area contributed by atoms with E-state index in [4.69, 9.17) is 4.74 Å². The average molecular weight is 460 g/mol. The minimum Gasteiger partial charge on any atom is -0.480 e. The van der Waals surface area contributed by atoms with Crippen LogP contribution in [0.1, 0.15) is 20.3 Å². The highest BCUT2D eigenvalue weighted by atomic mass is 32.2. The smallest absolute Gasteiger partial charge is 0.318 e. The predicted octanol–water partition coefficient (Wildman–Crippen LogP) is 4.09. The Morgan fingerprint density at radius 3 is 2.28 bits per heavy atom. The Morgan fingerprint density at radius 1 is 1.03 bits per heavy atom. The fraction of sp³-hybridized carbons (Fsp3) is 0.480. The quantitative estimate of drug-likeness (QED) is 0.388. The van der Waals surface area contributed by atoms with E-state index >= 15 is 0 Å². The topological polar surface area (TPSA) is 65.0 Å². The number of carboxylic acid groups (broad SMARTS) is 1. The van der Waals surface area contributed by atoms with Crippen LogP contribution in [0.2, 0.25) is 0 Å². The van der Waals surface area contributed by atoms with E-state index in [9.17, 15) is 9.90 Å². The number of carboxylic acids is 1. The van der Waals surface area contributed by atoms with E-state index in [-0.39, 0.29) is 6.54 Å². The van der Waals surface area contributed by atoms with E-state index in [0.29, 0.717) is 19.8 Å². The van der Waals surface area contributed by atoms with E-state index in [2.05, 4.69) is 48.3 Å². The summed E-state index contributed by atoms with van der Waals surface area (Å²) in [7, 11) is 0. The van der Waals surface area contributed by atoms with Gasteiger partial charge in [-0.3, -0.25) is 9.69 Å². The zero-order valence-electron chi connectivity index (χ0n) is 19.3. The Balaban J connectivity index is 0.00000114. The first-order valence-corrected chi connectivity index (χ1v) is 12.2. The lowest BCUT2D eigenvalue weighted by Crippen LogP contribution is -2.44. The Labute approximate surface area is 197 Å². The van der Waals surface area contributed by atoms with Crippen LogP contribution < -0.4 is 5.32 Å². The molecule has 1 aliphatic rings. The fourth-order valence-corrected chi connectivity index (χ4v) is 4.09. The minimum atomic E-state index is -0.834. The van der Waals surface area contributed by atoms with Crippen LogP contribution in [0.25, 0.3) is 11.1 Å². The third kappa shape index (κ3) is 10.6. The molecule has 1 heterocycles. The highest BCUT2D eigenvalue weighted by molar-refractivity contribution is 7.97. The zero-order valence-corrected chi connectivity index (χ0v) is 20.2. The van der Waals surface area contributed by atoms with Crippen molar-refractivity contribution in [1.29, 1.82) is 0 Å². The number of aliphatic carboxylic acids is 1. The molecule has 0 saturated carbocycles. The number of piperazine rings is 1. The molecule has 0 aliphatic carbocycles. The van der Waals surface area contributed by atoms with Gasteiger partial charge in [0.1, 0.15) is 6.54 Å². The SMILES string of the molecule is CCC.O=C(O)CN(CCOCCN1CCNCC1)Sc1ccc(-c2ccccc2)cc1. The highest BCUT2D eigenvalue weighted by Gasteiger charge is 2.13. The molecule has 1 aliphatic heterocycles. The van der Waals surface area contributed by atoms with Crippen LogP contribution in [0.4, 0.5) is 0 Å². The standard InChI is InChI=1S/C22H29N3O3S.C3H8/c26-22(27)18-25(15-17-28-16-14-24-12-10-23-11-13-24)29-21-8-6-20(7-9-21)19-4-2-1-3-5-19;1-3-2/h1-9,23H,10-18H2,(H,26,27);3H2,1-2H3. The third-order valence-electron chi connectivity index (χ3n) is 4.75. The van der Waals surface area contributed by atoms with Crippen molar-refractivity contribution in [3.63, 3.8) is 0 Å². The average Bonchev–Trinajstić information content (AvgIpc) is 2.81. The van der Waals surface area contributed by atoms with Gasteiger partial charge in [-0.15, -0.1) is 0 Å². The largest absolute Gasteiger partial charge is 0.480 e. The lowest BCUT2D eigenvalue weighted by atomic mass is 10.1. The van der Waals surface area contributed by atoms with Gasteiger partial charge in [0, 0.05) is 44.2 Å². The Hall–Kier alpha value is -1.90. The van der Waals surface area contributed by atoms with Gasteiger partial charge < -0.3 is 15.2 Å². The van der Waals surface area contributed by atoms with Gasteiger partial charge in [0.25, 0.3) is 0 Å². The van der Waals surface area contributed by atoms with Crippen LogP contribution in [-0.2, 0) is 9.53 Å². The summed E-state index contributed by atoms with van der Waals surface area (Å²) in [5, 5.41) is 12.6. The molecule has 2 N–H and O–H groups in total. The predicted molar refractivity (Wildman–Crippen MR) is 133 cm³/mol. The molecule has 3 rings (SSSR count). The van der Waals surface area contributed by atoms with Crippen molar-refractivity contribution >= 4 is 17.9 Å². The molecule has 1 saturated heterocycles. The number of benzene rings is 2. The van der Waals surface area contributed by atoms with Gasteiger partial charge in [-0.2, -0.15) is 0 Å². The molecular formula is C25H37N3O3S. The highest BCUT2D eigenvalue weighted by Crippen LogP contribution is 2.26. The number of ether oxygens (including phenoxy) is 1. The molecular weight excluding hydrogens is 422 g/mol. The number of nitrogens with one attached hydrogen (secondary N) is 1. The van der Waals surface area contributed by atoms with Crippen molar-refractivity contribution in [1.82, 2.24) is 14.5 Å². The van der Waals surface area contributed by atoms with Crippen LogP contribution in [0, 0.1) is 0 Å². The summed E-state index contributed by atoms with van der Waals surface area (Å²) in [5.41, 5.74) is 2.32. The molecule has 6 nitrogen and oxygen atoms in total. The molecule has 32 heavy (non-hydrogen) atoms. The van der Waals surface area contributed by atoms with Gasteiger partial charge in [-0.1, -0.05) is 62.7 Å². The first kappa shape index (κ1) is 26.4. The van der Waals surface area contributed by atoms with Crippen LogP contribution in [0.3, 0.4) is 0 Å². The van der Waals surface area contributed by atoms with Crippen LogP contribution in [0.15, 0.2) is 59.5 Å². The second kappa shape index (κ2) is 15.8. The van der Waals surface area contributed by atoms with Gasteiger partial charge in [-0.25, -0.2) is 4.31 Å². The van der Waals surface area contributed by atoms with Crippen molar-refractivity contribution in [2.24, 2.45) is 0 Å². The maximum Gasteiger partial charge on any atom is 0.318 e. The third-order valence-corrected chi connectivity index (χ3v) is 5.81. The molecule has 7 heteroatoms. The van der Waals surface area contributed by atoms with Crippen molar-refractivity contribution in [2.75, 3.05) is 59.0 Å². The molecule has 176 valence electrons. The van der Waals surface area contributed by atoms with E-state index in [1.807, 2.05) is 34.6 Å². The van der Waals surface area contributed by atoms with E-state index < -0.39 is 5.97 Å². The molecule has 0 spiro atoms. The van der Waals surface area contributed by atoms with E-state index in [1.165, 1.54) is 23.9 Å². The molecule has 0 radical (unpaired) electrons. The minimum absolute atomic E-state index is 0.0216. The Kier molecular flexibility index (Phi) is 13.0. The zero-order chi connectivity index (χ0) is 23.0. The van der Waals surface area contributed by atoms with Gasteiger partial charge >= 0.3 is 5.97 Å². The molecule has 2 aromatic rings. The summed E-state index contributed by atoms with van der Waals surface area (Å²) < 4.78 is 7.59. The molecule has 0 amide bonds. The summed E-state index contributed by atoms with van der Waals surface area (Å²) in [4.78, 5) is 14.6. The number of hydrogen-bond acceptors (Lipinski definition) is 6. The Bertz CT molecular complexity index is 753. The summed E-state index contributed by atoms with van der Waals surface area (Å²) in [6.45, 7) is 11.1. The summed E-state index contributed by atoms with van der Waals surface area (Å²) in [6.07, 6.45) is 1.25. The van der Waals surface area contributed by atoms with Gasteiger partial charge in [0.2, 0.25) is 0 Å². The monoisotopic (exact) mass is 459 g/mol. The lowest BCUT2D eigenvalue weighted by Gasteiger charge is -2.27. The second-order valence-corrected chi connectivity index (χ2v) is 8.82. The van der Waals surface area contributed by atoms with Crippen LogP contribution in [0.5, 0.6) is 0 Å². The molecule has 0 atom stereocenters. The maximum atomic E-state index is 11.2. The van der Waals surface area contributed by atoms with Crippen LogP contribution in [-0.4, -0.2) is 79.3 Å². The summed E-state index contributed by atoms with van der Waals surface area (Å²) >= 11 is 1.46. The van der Waals surface area contributed by atoms with Crippen LogP contribution >= 0.6 is 11.9 Å². The van der Waals surface area contributed by atoms with E-state index in [0.717, 1.165) is 43.2 Å². The first-order valence-electron chi connectivity index (χ1n) is 11.4. The summed E-state index contributed by atoms with van der Waals surface area (Å²) in [6, 6.07) is 18.4. The van der Waals surface area contributed by atoms with Crippen molar-refractivity contribution in [3.05, 3.63) is 54.6 Å². The summed E-state index contributed by atoms with van der Waals surface area (Å²) in [5.74, 6) is -0.834. The second-order valence-electron chi connectivity index (χ2n) is 7.65. The molecule has 0 aromatic heterocycles. The maximum absolute atomic E-state index is 11.2. The molecule has 0 unspecified atom stereocenters. The molecule has 1 fully saturated rings. The molecule has 0 bridgehead atoms. The van der Waals surface area contributed by atoms with Crippen molar-refractivity contribution < 1.29 is 14.6 Å². The van der Waals surface area contributed by atoms with Crippen molar-refractivity contribution in [3.8, 4) is 11.1 Å².